The molecule has 3 aromatic carbocycles. The highest BCUT2D eigenvalue weighted by atomic mass is 16.2. The Morgan fingerprint density at radius 1 is 0.767 bits per heavy atom. The fraction of sp³-hybridized carbons (Fsp3) is 0.296. The Kier molecular flexibility index (Phi) is 5.37. The van der Waals surface area contributed by atoms with Crippen molar-refractivity contribution in [3.63, 3.8) is 0 Å². The van der Waals surface area contributed by atoms with Gasteiger partial charge in [-0.2, -0.15) is 0 Å². The van der Waals surface area contributed by atoms with Crippen LogP contribution in [0.25, 0.3) is 11.1 Å². The zero-order chi connectivity index (χ0) is 20.3. The highest BCUT2D eigenvalue weighted by Crippen LogP contribution is 2.26. The van der Waals surface area contributed by atoms with Crippen molar-refractivity contribution in [1.29, 1.82) is 0 Å². The predicted molar refractivity (Wildman–Crippen MR) is 121 cm³/mol. The number of hydrogen-bond donors (Lipinski definition) is 0. The maximum Gasteiger partial charge on any atom is 0.253 e. The number of nitrogens with zero attached hydrogens (tertiary/aromatic N) is 2. The molecule has 0 radical (unpaired) electrons. The Hall–Kier alpha value is -2.91. The van der Waals surface area contributed by atoms with Crippen LogP contribution < -0.4 is 0 Å². The molecule has 1 saturated heterocycles. The topological polar surface area (TPSA) is 23.6 Å². The molecular weight excluding hydrogens is 368 g/mol. The van der Waals surface area contributed by atoms with Gasteiger partial charge in [0.25, 0.3) is 5.91 Å². The first-order valence-corrected chi connectivity index (χ1v) is 11.0. The second-order valence-corrected chi connectivity index (χ2v) is 8.48. The maximum absolute atomic E-state index is 13.2. The Labute approximate surface area is 178 Å². The molecule has 3 aromatic rings. The fourth-order valence-electron chi connectivity index (χ4n) is 4.88. The summed E-state index contributed by atoms with van der Waals surface area (Å²) in [5.74, 6) is 0.164. The average Bonchev–Trinajstić information content (AvgIpc) is 2.84. The molecule has 2 aliphatic rings. The van der Waals surface area contributed by atoms with E-state index in [1.54, 1.807) is 0 Å². The first kappa shape index (κ1) is 19.1. The van der Waals surface area contributed by atoms with E-state index >= 15 is 0 Å². The van der Waals surface area contributed by atoms with Gasteiger partial charge in [-0.3, -0.25) is 9.69 Å². The van der Waals surface area contributed by atoms with Crippen molar-refractivity contribution < 1.29 is 4.79 Å². The molecule has 0 bridgehead atoms. The van der Waals surface area contributed by atoms with Crippen LogP contribution in [0.2, 0.25) is 0 Å². The molecule has 2 heterocycles. The molecule has 2 aliphatic heterocycles. The summed E-state index contributed by atoms with van der Waals surface area (Å²) in [6.45, 7) is 3.80. The summed E-state index contributed by atoms with van der Waals surface area (Å²) >= 11 is 0. The van der Waals surface area contributed by atoms with Crippen molar-refractivity contribution >= 4 is 5.91 Å². The van der Waals surface area contributed by atoms with Crippen LogP contribution in [-0.2, 0) is 13.0 Å². The van der Waals surface area contributed by atoms with E-state index in [9.17, 15) is 4.79 Å². The van der Waals surface area contributed by atoms with Gasteiger partial charge in [-0.15, -0.1) is 0 Å². The molecule has 0 saturated carbocycles. The van der Waals surface area contributed by atoms with Gasteiger partial charge in [0.2, 0.25) is 0 Å². The summed E-state index contributed by atoms with van der Waals surface area (Å²) < 4.78 is 0. The minimum atomic E-state index is 0.164. The zero-order valence-electron chi connectivity index (χ0n) is 17.3. The lowest BCUT2D eigenvalue weighted by atomic mass is 9.95. The number of hydrogen-bond acceptors (Lipinski definition) is 2. The lowest BCUT2D eigenvalue weighted by molar-refractivity contribution is 0.0549. The van der Waals surface area contributed by atoms with Crippen LogP contribution in [0.15, 0.2) is 78.9 Å². The van der Waals surface area contributed by atoms with E-state index in [4.69, 9.17) is 0 Å². The third-order valence-electron chi connectivity index (χ3n) is 6.60. The molecule has 1 amide bonds. The quantitative estimate of drug-likeness (QED) is 0.621. The number of likely N-dealkylation sites (tertiary alicyclic amines) is 1. The largest absolute Gasteiger partial charge is 0.337 e. The van der Waals surface area contributed by atoms with Crippen molar-refractivity contribution in [2.24, 2.45) is 0 Å². The third-order valence-corrected chi connectivity index (χ3v) is 6.60. The predicted octanol–water partition coefficient (Wildman–Crippen LogP) is 5.02. The Bertz CT molecular complexity index is 1010. The summed E-state index contributed by atoms with van der Waals surface area (Å²) in [7, 11) is 0. The van der Waals surface area contributed by atoms with Gasteiger partial charge in [-0.25, -0.2) is 0 Å². The molecule has 0 spiro atoms. The van der Waals surface area contributed by atoms with Crippen LogP contribution in [0.1, 0.15) is 34.3 Å². The van der Waals surface area contributed by atoms with Crippen molar-refractivity contribution in [2.75, 3.05) is 19.6 Å². The number of fused-ring (bicyclic) bond motifs is 1. The van der Waals surface area contributed by atoms with Gasteiger partial charge in [0.15, 0.2) is 0 Å². The summed E-state index contributed by atoms with van der Waals surface area (Å²) in [6, 6.07) is 27.6. The van der Waals surface area contributed by atoms with Crippen molar-refractivity contribution in [1.82, 2.24) is 9.80 Å². The molecule has 3 nitrogen and oxygen atoms in total. The molecule has 1 atom stereocenters. The van der Waals surface area contributed by atoms with Gasteiger partial charge in [-0.1, -0.05) is 66.7 Å². The second kappa shape index (κ2) is 8.45. The molecule has 0 unspecified atom stereocenters. The molecule has 0 aromatic heterocycles. The standard InChI is InChI=1S/C27H28N2O/c30-27(24-14-12-23(13-15-24)21-7-2-1-3-8-21)29-17-6-11-26(20-29)28-18-16-22-9-4-5-10-25(22)19-28/h1-5,7-10,12-15,26H,6,11,16-20H2/t26-/m1/s1. The van der Waals surface area contributed by atoms with Crippen LogP contribution in [-0.4, -0.2) is 41.4 Å². The van der Waals surface area contributed by atoms with Crippen molar-refractivity contribution in [3.8, 4) is 11.1 Å². The Balaban J connectivity index is 1.26. The van der Waals surface area contributed by atoms with E-state index in [1.807, 2.05) is 30.3 Å². The first-order chi connectivity index (χ1) is 14.8. The van der Waals surface area contributed by atoms with Gasteiger partial charge in [-0.05, 0) is 53.6 Å². The lowest BCUT2D eigenvalue weighted by Crippen LogP contribution is -2.51. The van der Waals surface area contributed by atoms with Gasteiger partial charge in [0.05, 0.1) is 0 Å². The van der Waals surface area contributed by atoms with E-state index in [1.165, 1.54) is 23.1 Å². The smallest absolute Gasteiger partial charge is 0.253 e. The minimum Gasteiger partial charge on any atom is -0.337 e. The normalized spacial score (nSPS) is 19.3. The number of amides is 1. The SMILES string of the molecule is O=C(c1ccc(-c2ccccc2)cc1)N1CCC[C@@H](N2CCc3ccccc3C2)C1. The number of piperidine rings is 1. The first-order valence-electron chi connectivity index (χ1n) is 11.0. The molecule has 3 heteroatoms. The Morgan fingerprint density at radius 3 is 2.27 bits per heavy atom. The van der Waals surface area contributed by atoms with Crippen molar-refractivity contribution in [3.05, 3.63) is 95.6 Å². The molecule has 0 aliphatic carbocycles. The van der Waals surface area contributed by atoms with Gasteiger partial charge in [0.1, 0.15) is 0 Å². The number of carbonyl (C=O) groups excluding carboxylic acids is 1. The molecule has 0 N–H and O–H groups in total. The summed E-state index contributed by atoms with van der Waals surface area (Å²) in [4.78, 5) is 17.8. The highest BCUT2D eigenvalue weighted by molar-refractivity contribution is 5.94. The summed E-state index contributed by atoms with van der Waals surface area (Å²) in [6.07, 6.45) is 3.37. The van der Waals surface area contributed by atoms with E-state index in [0.29, 0.717) is 6.04 Å². The Morgan fingerprint density at radius 2 is 1.47 bits per heavy atom. The van der Waals surface area contributed by atoms with Gasteiger partial charge in [0, 0.05) is 37.8 Å². The lowest BCUT2D eigenvalue weighted by Gasteiger charge is -2.41. The number of carbonyl (C=O) groups is 1. The van der Waals surface area contributed by atoms with Gasteiger partial charge < -0.3 is 4.90 Å². The molecule has 152 valence electrons. The molecule has 1 fully saturated rings. The monoisotopic (exact) mass is 396 g/mol. The van der Waals surface area contributed by atoms with E-state index in [0.717, 1.165) is 50.1 Å². The molecular formula is C27H28N2O. The maximum atomic E-state index is 13.2. The van der Waals surface area contributed by atoms with Crippen LogP contribution in [0.3, 0.4) is 0 Å². The molecule has 30 heavy (non-hydrogen) atoms. The number of benzene rings is 3. The second-order valence-electron chi connectivity index (χ2n) is 8.48. The summed E-state index contributed by atoms with van der Waals surface area (Å²) in [5, 5.41) is 0. The van der Waals surface area contributed by atoms with E-state index < -0.39 is 0 Å². The average molecular weight is 397 g/mol. The fourth-order valence-corrected chi connectivity index (χ4v) is 4.88. The summed E-state index contributed by atoms with van der Waals surface area (Å²) in [5.41, 5.74) is 6.05. The van der Waals surface area contributed by atoms with Crippen LogP contribution in [0.4, 0.5) is 0 Å². The number of rotatable bonds is 3. The van der Waals surface area contributed by atoms with Crippen LogP contribution in [0, 0.1) is 0 Å². The van der Waals surface area contributed by atoms with Gasteiger partial charge >= 0.3 is 0 Å². The van der Waals surface area contributed by atoms with Crippen LogP contribution >= 0.6 is 0 Å². The highest BCUT2D eigenvalue weighted by Gasteiger charge is 2.30. The zero-order valence-corrected chi connectivity index (χ0v) is 17.3. The minimum absolute atomic E-state index is 0.164. The van der Waals surface area contributed by atoms with Crippen molar-refractivity contribution in [2.45, 2.75) is 31.8 Å². The molecule has 5 rings (SSSR count). The third kappa shape index (κ3) is 3.90. The van der Waals surface area contributed by atoms with Crippen LogP contribution in [0.5, 0.6) is 0 Å². The van der Waals surface area contributed by atoms with E-state index in [-0.39, 0.29) is 5.91 Å². The van der Waals surface area contributed by atoms with E-state index in [2.05, 4.69) is 58.3 Å².